The van der Waals surface area contributed by atoms with Crippen molar-refractivity contribution in [2.24, 2.45) is 0 Å². The fourth-order valence-electron chi connectivity index (χ4n) is 3.67. The predicted octanol–water partition coefficient (Wildman–Crippen LogP) is 5.17. The summed E-state index contributed by atoms with van der Waals surface area (Å²) >= 11 is 1.37. The molecular weight excluding hydrogens is 484 g/mol. The first-order valence-electron chi connectivity index (χ1n) is 11.3. The van der Waals surface area contributed by atoms with Crippen molar-refractivity contribution < 1.29 is 13.6 Å². The second-order valence-electron chi connectivity index (χ2n) is 8.35. The number of hydrogen-bond donors (Lipinski definition) is 2. The van der Waals surface area contributed by atoms with Crippen LogP contribution in [0.3, 0.4) is 0 Å². The van der Waals surface area contributed by atoms with Crippen LogP contribution in [0.25, 0.3) is 0 Å². The first-order valence-corrected chi connectivity index (χ1v) is 12.1. The average molecular weight is 508 g/mol. The van der Waals surface area contributed by atoms with Gasteiger partial charge in [-0.05, 0) is 61.5 Å². The van der Waals surface area contributed by atoms with Crippen molar-refractivity contribution in [1.82, 2.24) is 20.2 Å². The van der Waals surface area contributed by atoms with E-state index in [2.05, 4.69) is 25.4 Å². The molecule has 5 rings (SSSR count). The van der Waals surface area contributed by atoms with Crippen molar-refractivity contribution >= 4 is 40.8 Å². The summed E-state index contributed by atoms with van der Waals surface area (Å²) < 4.78 is 28.1. The molecule has 3 heterocycles. The molecule has 1 aliphatic rings. The molecule has 0 radical (unpaired) electrons. The van der Waals surface area contributed by atoms with E-state index in [-0.39, 0.29) is 0 Å². The van der Waals surface area contributed by atoms with Gasteiger partial charge in [-0.25, -0.2) is 18.7 Å². The summed E-state index contributed by atoms with van der Waals surface area (Å²) in [6, 6.07) is 14.2. The first kappa shape index (κ1) is 23.7. The Morgan fingerprint density at radius 1 is 1.06 bits per heavy atom. The Hall–Kier alpha value is -3.99. The van der Waals surface area contributed by atoms with Crippen LogP contribution in [-0.2, 0) is 0 Å². The second-order valence-corrected chi connectivity index (χ2v) is 9.39. The third kappa shape index (κ3) is 5.01. The number of carbonyl (C=O) groups is 1. The number of nitrogens with one attached hydrogen (secondary N) is 2. The largest absolute Gasteiger partial charge is 0.356 e. The lowest BCUT2D eigenvalue weighted by Gasteiger charge is -2.32. The Kier molecular flexibility index (Phi) is 6.55. The van der Waals surface area contributed by atoms with Crippen LogP contribution in [0.5, 0.6) is 0 Å². The summed E-state index contributed by atoms with van der Waals surface area (Å²) in [5.41, 5.74) is 0.853. The Bertz CT molecular complexity index is 1390. The maximum Gasteiger partial charge on any atom is 0.263 e. The van der Waals surface area contributed by atoms with Gasteiger partial charge < -0.3 is 15.1 Å². The normalized spacial score (nSPS) is 12.8. The van der Waals surface area contributed by atoms with E-state index >= 15 is 0 Å². The Morgan fingerprint density at radius 2 is 1.78 bits per heavy atom. The number of H-pyrrole nitrogens is 1. The van der Waals surface area contributed by atoms with E-state index in [1.807, 2.05) is 31.2 Å². The zero-order valence-corrected chi connectivity index (χ0v) is 20.4. The maximum atomic E-state index is 14.1. The molecule has 0 atom stereocenters. The SMILES string of the molecule is Cc1cc(Nc2cc(N3CCC3)nc(Sc3ccc(N(C)C(=O)c4c(F)cccc4F)cc3)n2)n[nH]1. The van der Waals surface area contributed by atoms with Crippen molar-refractivity contribution in [2.45, 2.75) is 23.4 Å². The number of hydrogen-bond acceptors (Lipinski definition) is 7. The van der Waals surface area contributed by atoms with Gasteiger partial charge in [0.05, 0.1) is 0 Å². The van der Waals surface area contributed by atoms with E-state index in [1.165, 1.54) is 29.8 Å². The highest BCUT2D eigenvalue weighted by atomic mass is 32.2. The smallest absolute Gasteiger partial charge is 0.263 e. The van der Waals surface area contributed by atoms with Gasteiger partial charge in [-0.15, -0.1) is 0 Å². The van der Waals surface area contributed by atoms with E-state index in [0.29, 0.717) is 22.5 Å². The maximum absolute atomic E-state index is 14.1. The van der Waals surface area contributed by atoms with E-state index in [9.17, 15) is 13.6 Å². The molecule has 1 fully saturated rings. The van der Waals surface area contributed by atoms with Gasteiger partial charge in [-0.3, -0.25) is 9.89 Å². The zero-order chi connectivity index (χ0) is 25.2. The molecule has 0 unspecified atom stereocenters. The van der Waals surface area contributed by atoms with Gasteiger partial charge >= 0.3 is 0 Å². The minimum absolute atomic E-state index is 0.499. The number of anilines is 4. The molecule has 0 aliphatic carbocycles. The third-order valence-electron chi connectivity index (χ3n) is 5.75. The lowest BCUT2D eigenvalue weighted by Crippen LogP contribution is -2.37. The Labute approximate surface area is 210 Å². The van der Waals surface area contributed by atoms with Gasteiger partial charge in [0, 0.05) is 48.5 Å². The number of rotatable bonds is 7. The summed E-state index contributed by atoms with van der Waals surface area (Å²) in [6.45, 7) is 3.81. The van der Waals surface area contributed by atoms with Gasteiger partial charge in [-0.2, -0.15) is 5.10 Å². The molecule has 11 heteroatoms. The molecule has 1 saturated heterocycles. The topological polar surface area (TPSA) is 90.0 Å². The highest BCUT2D eigenvalue weighted by molar-refractivity contribution is 7.99. The number of amides is 1. The molecule has 2 aromatic carbocycles. The number of benzene rings is 2. The quantitative estimate of drug-likeness (QED) is 0.334. The van der Waals surface area contributed by atoms with Crippen LogP contribution >= 0.6 is 11.8 Å². The molecule has 36 heavy (non-hydrogen) atoms. The predicted molar refractivity (Wildman–Crippen MR) is 135 cm³/mol. The van der Waals surface area contributed by atoms with Crippen LogP contribution in [0.4, 0.5) is 31.9 Å². The fourth-order valence-corrected chi connectivity index (χ4v) is 4.44. The van der Waals surface area contributed by atoms with Crippen LogP contribution < -0.4 is 15.1 Å². The van der Waals surface area contributed by atoms with Gasteiger partial charge in [-0.1, -0.05) is 6.07 Å². The van der Waals surface area contributed by atoms with Crippen molar-refractivity contribution in [3.63, 3.8) is 0 Å². The summed E-state index contributed by atoms with van der Waals surface area (Å²) in [6.07, 6.45) is 1.12. The molecule has 2 N–H and O–H groups in total. The Balaban J connectivity index is 1.35. The fraction of sp³-hybridized carbons (Fsp3) is 0.200. The van der Waals surface area contributed by atoms with Crippen LogP contribution in [0.2, 0.25) is 0 Å². The van der Waals surface area contributed by atoms with Gasteiger partial charge in [0.2, 0.25) is 0 Å². The number of nitrogens with zero attached hydrogens (tertiary/aromatic N) is 5. The minimum atomic E-state index is -0.896. The van der Waals surface area contributed by atoms with Crippen molar-refractivity contribution in [1.29, 1.82) is 0 Å². The number of aromatic amines is 1. The standard InChI is InChI=1S/C25H23F2N7OS/c1-15-13-21(32-31-15)28-20-14-22(34-11-4-12-34)30-25(29-20)36-17-9-7-16(8-10-17)33(2)24(35)23-18(26)5-3-6-19(23)27/h3,5-10,13-14H,4,11-12H2,1-2H3,(H2,28,29,30,31,32). The molecule has 0 bridgehead atoms. The van der Waals surface area contributed by atoms with Gasteiger partial charge in [0.1, 0.15) is 28.8 Å². The molecule has 1 amide bonds. The number of halogens is 2. The summed E-state index contributed by atoms with van der Waals surface area (Å²) in [4.78, 5) is 26.3. The molecule has 0 spiro atoms. The van der Waals surface area contributed by atoms with Crippen LogP contribution in [0.15, 0.2) is 64.6 Å². The second kappa shape index (κ2) is 9.94. The van der Waals surface area contributed by atoms with Crippen LogP contribution in [-0.4, -0.2) is 46.2 Å². The molecular formula is C25H23F2N7OS. The third-order valence-corrected chi connectivity index (χ3v) is 6.62. The van der Waals surface area contributed by atoms with E-state index in [4.69, 9.17) is 4.98 Å². The number of carbonyl (C=O) groups excluding carboxylic acids is 1. The van der Waals surface area contributed by atoms with Crippen LogP contribution in [0, 0.1) is 18.6 Å². The Morgan fingerprint density at radius 3 is 2.39 bits per heavy atom. The highest BCUT2D eigenvalue weighted by Gasteiger charge is 2.22. The van der Waals surface area contributed by atoms with Crippen molar-refractivity contribution in [3.8, 4) is 0 Å². The van der Waals surface area contributed by atoms with E-state index in [0.717, 1.165) is 48.1 Å². The lowest BCUT2D eigenvalue weighted by molar-refractivity contribution is 0.0985. The summed E-state index contributed by atoms with van der Waals surface area (Å²) in [5.74, 6) is -0.418. The molecule has 1 aliphatic heterocycles. The number of aromatic nitrogens is 4. The molecule has 4 aromatic rings. The van der Waals surface area contributed by atoms with Gasteiger partial charge in [0.15, 0.2) is 11.0 Å². The van der Waals surface area contributed by atoms with E-state index in [1.54, 1.807) is 12.1 Å². The van der Waals surface area contributed by atoms with Crippen LogP contribution in [0.1, 0.15) is 22.5 Å². The summed E-state index contributed by atoms with van der Waals surface area (Å²) in [7, 11) is 1.48. The number of aryl methyl sites for hydroxylation is 1. The molecule has 2 aromatic heterocycles. The van der Waals surface area contributed by atoms with Crippen molar-refractivity contribution in [3.05, 3.63) is 77.5 Å². The molecule has 0 saturated carbocycles. The van der Waals surface area contributed by atoms with Gasteiger partial charge in [0.25, 0.3) is 5.91 Å². The van der Waals surface area contributed by atoms with Crippen molar-refractivity contribution in [2.75, 3.05) is 35.3 Å². The highest BCUT2D eigenvalue weighted by Crippen LogP contribution is 2.31. The minimum Gasteiger partial charge on any atom is -0.356 e. The van der Waals surface area contributed by atoms with E-state index < -0.39 is 23.1 Å². The average Bonchev–Trinajstić information content (AvgIpc) is 3.22. The first-order chi connectivity index (χ1) is 17.4. The summed E-state index contributed by atoms with van der Waals surface area (Å²) in [5, 5.41) is 10.9. The monoisotopic (exact) mass is 507 g/mol. The zero-order valence-electron chi connectivity index (χ0n) is 19.6. The molecule has 184 valence electrons. The molecule has 8 nitrogen and oxygen atoms in total. The lowest BCUT2D eigenvalue weighted by atomic mass is 10.1.